The number of hydrogen-bond acceptors (Lipinski definition) is 4. The Morgan fingerprint density at radius 2 is 1.44 bits per heavy atom. The molecule has 4 nitrogen and oxygen atoms in total. The van der Waals surface area contributed by atoms with Crippen LogP contribution < -0.4 is 10.6 Å². The molecule has 2 aliphatic heterocycles. The van der Waals surface area contributed by atoms with Gasteiger partial charge < -0.3 is 20.5 Å². The summed E-state index contributed by atoms with van der Waals surface area (Å²) in [4.78, 5) is 0. The molecule has 0 bridgehead atoms. The molecule has 4 heteroatoms. The first-order chi connectivity index (χ1) is 8.86. The molecule has 0 aromatic heterocycles. The van der Waals surface area contributed by atoms with E-state index in [9.17, 15) is 0 Å². The van der Waals surface area contributed by atoms with Gasteiger partial charge in [-0.1, -0.05) is 0 Å². The zero-order chi connectivity index (χ0) is 13.1. The topological polar surface area (TPSA) is 53.5 Å². The lowest BCUT2D eigenvalue weighted by Gasteiger charge is -2.21. The fraction of sp³-hybridized carbons (Fsp3) is 1.00. The van der Waals surface area contributed by atoms with Gasteiger partial charge in [-0.15, -0.1) is 0 Å². The molecule has 0 unspecified atom stereocenters. The van der Waals surface area contributed by atoms with Gasteiger partial charge in [0.2, 0.25) is 0 Å². The van der Waals surface area contributed by atoms with Gasteiger partial charge in [-0.05, 0) is 70.1 Å². The standard InChI is InChI=1S/C8H17NO.C6H13NO/c1-10-7-4-8-2-5-9-6-3-8;8-5-6-1-3-7-4-2-6/h8-9H,2-7H2,1H3;6-8H,1-5H2. The SMILES string of the molecule is COCCC1CCNCC1.OCC1CCNCC1. The summed E-state index contributed by atoms with van der Waals surface area (Å²) < 4.78 is 5.02. The molecule has 0 spiro atoms. The van der Waals surface area contributed by atoms with Crippen molar-refractivity contribution in [2.24, 2.45) is 11.8 Å². The Morgan fingerprint density at radius 1 is 0.944 bits per heavy atom. The molecular formula is C14H30N2O2. The van der Waals surface area contributed by atoms with Crippen LogP contribution in [0.2, 0.25) is 0 Å². The molecule has 0 atom stereocenters. The van der Waals surface area contributed by atoms with E-state index in [-0.39, 0.29) is 0 Å². The van der Waals surface area contributed by atoms with Crippen LogP contribution in [0.5, 0.6) is 0 Å². The fourth-order valence-corrected chi connectivity index (χ4v) is 2.52. The number of aliphatic hydroxyl groups excluding tert-OH is 1. The van der Waals surface area contributed by atoms with Crippen molar-refractivity contribution in [2.75, 3.05) is 46.5 Å². The molecule has 3 N–H and O–H groups in total. The van der Waals surface area contributed by atoms with Gasteiger partial charge in [0, 0.05) is 20.3 Å². The summed E-state index contributed by atoms with van der Waals surface area (Å²) in [5.74, 6) is 1.50. The number of hydrogen-bond donors (Lipinski definition) is 3. The number of methoxy groups -OCH3 is 1. The molecule has 2 heterocycles. The van der Waals surface area contributed by atoms with Gasteiger partial charge in [0.05, 0.1) is 0 Å². The van der Waals surface area contributed by atoms with Crippen LogP contribution in [0.4, 0.5) is 0 Å². The number of aliphatic hydroxyl groups is 1. The number of nitrogens with one attached hydrogen (secondary N) is 2. The van der Waals surface area contributed by atoms with Gasteiger partial charge in [-0.3, -0.25) is 0 Å². The van der Waals surface area contributed by atoms with Crippen LogP contribution in [-0.2, 0) is 4.74 Å². The van der Waals surface area contributed by atoms with Crippen LogP contribution in [0, 0.1) is 11.8 Å². The summed E-state index contributed by atoms with van der Waals surface area (Å²) in [5, 5.41) is 15.3. The highest BCUT2D eigenvalue weighted by molar-refractivity contribution is 4.68. The van der Waals surface area contributed by atoms with Crippen molar-refractivity contribution >= 4 is 0 Å². The maximum atomic E-state index is 8.66. The van der Waals surface area contributed by atoms with Gasteiger partial charge in [0.1, 0.15) is 0 Å². The molecular weight excluding hydrogens is 228 g/mol. The number of ether oxygens (including phenoxy) is 1. The molecule has 0 aromatic rings. The molecule has 2 rings (SSSR count). The largest absolute Gasteiger partial charge is 0.396 e. The molecule has 0 amide bonds. The van der Waals surface area contributed by atoms with Gasteiger partial charge in [-0.25, -0.2) is 0 Å². The second-order valence-electron chi connectivity index (χ2n) is 5.35. The minimum Gasteiger partial charge on any atom is -0.396 e. The van der Waals surface area contributed by atoms with E-state index in [0.717, 1.165) is 38.5 Å². The lowest BCUT2D eigenvalue weighted by Crippen LogP contribution is -2.29. The predicted octanol–water partition coefficient (Wildman–Crippen LogP) is 1.00. The minimum absolute atomic E-state index is 0.377. The highest BCUT2D eigenvalue weighted by Gasteiger charge is 2.11. The average Bonchev–Trinajstić information content (AvgIpc) is 2.48. The maximum absolute atomic E-state index is 8.66. The van der Waals surface area contributed by atoms with Crippen LogP contribution >= 0.6 is 0 Å². The Bertz CT molecular complexity index is 179. The van der Waals surface area contributed by atoms with Crippen molar-refractivity contribution in [1.29, 1.82) is 0 Å². The quantitative estimate of drug-likeness (QED) is 0.704. The Labute approximate surface area is 111 Å². The molecule has 0 radical (unpaired) electrons. The highest BCUT2D eigenvalue weighted by Crippen LogP contribution is 2.15. The van der Waals surface area contributed by atoms with Crippen LogP contribution in [-0.4, -0.2) is 51.6 Å². The fourth-order valence-electron chi connectivity index (χ4n) is 2.52. The van der Waals surface area contributed by atoms with Crippen LogP contribution in [0.25, 0.3) is 0 Å². The first kappa shape index (κ1) is 15.9. The summed E-state index contributed by atoms with van der Waals surface area (Å²) in [6, 6.07) is 0. The molecule has 0 aromatic carbocycles. The van der Waals surface area contributed by atoms with Crippen LogP contribution in [0.15, 0.2) is 0 Å². The highest BCUT2D eigenvalue weighted by atomic mass is 16.5. The molecule has 2 saturated heterocycles. The van der Waals surface area contributed by atoms with E-state index < -0.39 is 0 Å². The van der Waals surface area contributed by atoms with Gasteiger partial charge in [-0.2, -0.15) is 0 Å². The van der Waals surface area contributed by atoms with E-state index in [0.29, 0.717) is 12.5 Å². The monoisotopic (exact) mass is 258 g/mol. The van der Waals surface area contributed by atoms with Crippen molar-refractivity contribution in [3.63, 3.8) is 0 Å². The van der Waals surface area contributed by atoms with Gasteiger partial charge >= 0.3 is 0 Å². The molecule has 108 valence electrons. The lowest BCUT2D eigenvalue weighted by atomic mass is 9.95. The first-order valence-corrected chi connectivity index (χ1v) is 7.38. The third-order valence-electron chi connectivity index (χ3n) is 3.91. The van der Waals surface area contributed by atoms with Gasteiger partial charge in [0.25, 0.3) is 0 Å². The predicted molar refractivity (Wildman–Crippen MR) is 74.8 cm³/mol. The van der Waals surface area contributed by atoms with Crippen molar-refractivity contribution < 1.29 is 9.84 Å². The molecule has 2 fully saturated rings. The Kier molecular flexibility index (Phi) is 9.48. The molecule has 0 saturated carbocycles. The normalized spacial score (nSPS) is 22.3. The number of piperidine rings is 2. The van der Waals surface area contributed by atoms with E-state index in [1.54, 1.807) is 7.11 Å². The summed E-state index contributed by atoms with van der Waals surface area (Å²) >= 11 is 0. The third kappa shape index (κ3) is 7.31. The zero-order valence-corrected chi connectivity index (χ0v) is 11.8. The Morgan fingerprint density at radius 3 is 1.83 bits per heavy atom. The Balaban J connectivity index is 0.000000184. The van der Waals surface area contributed by atoms with Crippen molar-refractivity contribution in [3.8, 4) is 0 Å². The van der Waals surface area contributed by atoms with Crippen LogP contribution in [0.1, 0.15) is 32.1 Å². The Hall–Kier alpha value is -0.160. The summed E-state index contributed by atoms with van der Waals surface area (Å²) in [7, 11) is 1.78. The second-order valence-corrected chi connectivity index (χ2v) is 5.35. The zero-order valence-electron chi connectivity index (χ0n) is 11.8. The summed E-state index contributed by atoms with van der Waals surface area (Å²) in [5.41, 5.74) is 0. The number of rotatable bonds is 4. The van der Waals surface area contributed by atoms with E-state index in [2.05, 4.69) is 10.6 Å². The van der Waals surface area contributed by atoms with E-state index in [1.165, 1.54) is 32.4 Å². The summed E-state index contributed by atoms with van der Waals surface area (Å²) in [6.45, 7) is 5.89. The van der Waals surface area contributed by atoms with E-state index in [4.69, 9.17) is 9.84 Å². The molecule has 0 aliphatic carbocycles. The van der Waals surface area contributed by atoms with E-state index >= 15 is 0 Å². The average molecular weight is 258 g/mol. The third-order valence-corrected chi connectivity index (χ3v) is 3.91. The van der Waals surface area contributed by atoms with Gasteiger partial charge in [0.15, 0.2) is 0 Å². The smallest absolute Gasteiger partial charge is 0.0464 e. The second kappa shape index (κ2) is 10.7. The first-order valence-electron chi connectivity index (χ1n) is 7.38. The molecule has 2 aliphatic rings. The maximum Gasteiger partial charge on any atom is 0.0464 e. The van der Waals surface area contributed by atoms with Crippen molar-refractivity contribution in [3.05, 3.63) is 0 Å². The van der Waals surface area contributed by atoms with Crippen molar-refractivity contribution in [1.82, 2.24) is 10.6 Å². The molecule has 18 heavy (non-hydrogen) atoms. The summed E-state index contributed by atoms with van der Waals surface area (Å²) in [6.07, 6.45) is 6.22. The van der Waals surface area contributed by atoms with E-state index in [1.807, 2.05) is 0 Å². The lowest BCUT2D eigenvalue weighted by molar-refractivity contribution is 0.168. The van der Waals surface area contributed by atoms with Crippen LogP contribution in [0.3, 0.4) is 0 Å². The van der Waals surface area contributed by atoms with Crippen molar-refractivity contribution in [2.45, 2.75) is 32.1 Å². The minimum atomic E-state index is 0.377.